The first kappa shape index (κ1) is 20.7. The molecule has 1 N–H and O–H groups in total. The number of aryl methyl sites for hydroxylation is 1. The van der Waals surface area contributed by atoms with Crippen LogP contribution in [0, 0.1) is 0 Å². The highest BCUT2D eigenvalue weighted by molar-refractivity contribution is 6.31. The number of carbonyl (C=O) groups excluding carboxylic acids is 2. The van der Waals surface area contributed by atoms with E-state index in [1.54, 1.807) is 18.2 Å². The van der Waals surface area contributed by atoms with E-state index in [0.717, 1.165) is 45.2 Å². The summed E-state index contributed by atoms with van der Waals surface area (Å²) in [6.07, 6.45) is 5.19. The van der Waals surface area contributed by atoms with E-state index in [2.05, 4.69) is 23.5 Å². The Hall–Kier alpha value is -2.53. The predicted octanol–water partition coefficient (Wildman–Crippen LogP) is 4.52. The highest BCUT2D eigenvalue weighted by Crippen LogP contribution is 2.33. The number of likely N-dealkylation sites (N-methyl/N-ethyl adjacent to an activating group) is 1. The van der Waals surface area contributed by atoms with E-state index >= 15 is 0 Å². The number of halogens is 1. The van der Waals surface area contributed by atoms with Crippen LogP contribution in [-0.4, -0.2) is 48.3 Å². The summed E-state index contributed by atoms with van der Waals surface area (Å²) in [5.41, 5.74) is 3.76. The van der Waals surface area contributed by atoms with Crippen LogP contribution in [0.5, 0.6) is 0 Å². The third-order valence-corrected chi connectivity index (χ3v) is 6.47. The van der Waals surface area contributed by atoms with Gasteiger partial charge in [0.15, 0.2) is 0 Å². The summed E-state index contributed by atoms with van der Waals surface area (Å²) in [6.45, 7) is 1.68. The molecule has 5 nitrogen and oxygen atoms in total. The van der Waals surface area contributed by atoms with Crippen LogP contribution >= 0.6 is 11.6 Å². The zero-order valence-corrected chi connectivity index (χ0v) is 18.1. The number of hydrogen-bond acceptors (Lipinski definition) is 3. The average molecular weight is 426 g/mol. The van der Waals surface area contributed by atoms with Crippen molar-refractivity contribution in [1.82, 2.24) is 9.80 Å². The first-order chi connectivity index (χ1) is 14.5. The molecule has 0 aromatic heterocycles. The van der Waals surface area contributed by atoms with E-state index in [-0.39, 0.29) is 24.4 Å². The van der Waals surface area contributed by atoms with Crippen LogP contribution in [0.15, 0.2) is 42.5 Å². The van der Waals surface area contributed by atoms with Crippen LogP contribution in [0.25, 0.3) is 0 Å². The van der Waals surface area contributed by atoms with Gasteiger partial charge in [-0.15, -0.1) is 0 Å². The van der Waals surface area contributed by atoms with Gasteiger partial charge in [0.2, 0.25) is 5.91 Å². The first-order valence-corrected chi connectivity index (χ1v) is 11.1. The molecule has 1 fully saturated rings. The van der Waals surface area contributed by atoms with Crippen LogP contribution in [0.4, 0.5) is 5.69 Å². The van der Waals surface area contributed by atoms with Gasteiger partial charge in [-0.1, -0.05) is 35.9 Å². The Kier molecular flexibility index (Phi) is 6.28. The number of nitrogens with one attached hydrogen (secondary N) is 1. The summed E-state index contributed by atoms with van der Waals surface area (Å²) in [7, 11) is 1.87. The maximum absolute atomic E-state index is 13.0. The Labute approximate surface area is 183 Å². The quantitative estimate of drug-likeness (QED) is 0.766. The van der Waals surface area contributed by atoms with E-state index in [4.69, 9.17) is 11.6 Å². The fraction of sp³-hybridized carbons (Fsp3) is 0.417. The van der Waals surface area contributed by atoms with Crippen LogP contribution in [0.3, 0.4) is 0 Å². The number of fused-ring (bicyclic) bond motifs is 1. The van der Waals surface area contributed by atoms with Crippen molar-refractivity contribution in [1.29, 1.82) is 0 Å². The first-order valence-electron chi connectivity index (χ1n) is 10.7. The molecule has 1 aliphatic carbocycles. The number of rotatable bonds is 5. The minimum Gasteiger partial charge on any atom is -0.375 e. The third-order valence-electron chi connectivity index (χ3n) is 6.23. The maximum atomic E-state index is 13.0. The van der Waals surface area contributed by atoms with Gasteiger partial charge in [-0.3, -0.25) is 9.59 Å². The summed E-state index contributed by atoms with van der Waals surface area (Å²) < 4.78 is 0. The van der Waals surface area contributed by atoms with Crippen LogP contribution < -0.4 is 5.32 Å². The van der Waals surface area contributed by atoms with Gasteiger partial charge in [-0.2, -0.15) is 0 Å². The zero-order valence-electron chi connectivity index (χ0n) is 17.4. The van der Waals surface area contributed by atoms with Crippen LogP contribution in [-0.2, 0) is 11.2 Å². The Morgan fingerprint density at radius 1 is 1.13 bits per heavy atom. The normalized spacial score (nSPS) is 18.1. The molecule has 30 heavy (non-hydrogen) atoms. The van der Waals surface area contributed by atoms with Crippen molar-refractivity contribution in [3.05, 3.63) is 64.2 Å². The van der Waals surface area contributed by atoms with E-state index in [9.17, 15) is 9.59 Å². The zero-order chi connectivity index (χ0) is 21.1. The van der Waals surface area contributed by atoms with Crippen molar-refractivity contribution in [3.63, 3.8) is 0 Å². The third kappa shape index (κ3) is 4.31. The molecule has 1 atom stereocenters. The number of hydrogen-bond donors (Lipinski definition) is 1. The minimum absolute atomic E-state index is 0.00347. The number of carbonyl (C=O) groups is 2. The number of amides is 2. The molecule has 158 valence electrons. The Morgan fingerprint density at radius 2 is 1.90 bits per heavy atom. The highest BCUT2D eigenvalue weighted by atomic mass is 35.5. The SMILES string of the molecule is CN(C(=O)CNc1cc(Cl)ccc1C(=O)N1CCCC1)C1CCCc2ccccc21. The molecule has 4 rings (SSSR count). The topological polar surface area (TPSA) is 52.7 Å². The fourth-order valence-corrected chi connectivity index (χ4v) is 4.71. The monoisotopic (exact) mass is 425 g/mol. The standard InChI is InChI=1S/C24H28ClN3O2/c1-27(22-10-6-8-17-7-2-3-9-19(17)22)23(29)16-26-21-15-18(25)11-12-20(21)24(30)28-13-4-5-14-28/h2-3,7,9,11-12,15,22,26H,4-6,8,10,13-14,16H2,1H3. The van der Waals surface area contributed by atoms with Crippen molar-refractivity contribution < 1.29 is 9.59 Å². The molecule has 0 bridgehead atoms. The second kappa shape index (κ2) is 9.09. The minimum atomic E-state index is -0.00585. The Morgan fingerprint density at radius 3 is 2.70 bits per heavy atom. The molecule has 6 heteroatoms. The molecule has 0 radical (unpaired) electrons. The number of benzene rings is 2. The molecular weight excluding hydrogens is 398 g/mol. The van der Waals surface area contributed by atoms with Gasteiger partial charge in [-0.05, 0) is 61.4 Å². The number of likely N-dealkylation sites (tertiary alicyclic amines) is 1. The molecular formula is C24H28ClN3O2. The van der Waals surface area contributed by atoms with Gasteiger partial charge in [0.05, 0.1) is 18.2 Å². The summed E-state index contributed by atoms with van der Waals surface area (Å²) in [5, 5.41) is 3.72. The molecule has 2 amide bonds. The molecule has 1 aliphatic heterocycles. The molecule has 1 heterocycles. The fourth-order valence-electron chi connectivity index (χ4n) is 4.54. The lowest BCUT2D eigenvalue weighted by atomic mass is 9.87. The lowest BCUT2D eigenvalue weighted by Gasteiger charge is -2.33. The van der Waals surface area contributed by atoms with Crippen LogP contribution in [0.1, 0.15) is 53.2 Å². The van der Waals surface area contributed by atoms with E-state index in [1.165, 1.54) is 11.1 Å². The Balaban J connectivity index is 1.46. The van der Waals surface area contributed by atoms with Gasteiger partial charge in [0, 0.05) is 30.8 Å². The van der Waals surface area contributed by atoms with E-state index in [0.29, 0.717) is 16.3 Å². The maximum Gasteiger partial charge on any atom is 0.255 e. The molecule has 1 saturated heterocycles. The average Bonchev–Trinajstić information content (AvgIpc) is 3.31. The van der Waals surface area contributed by atoms with Crippen LogP contribution in [0.2, 0.25) is 5.02 Å². The molecule has 1 unspecified atom stereocenters. The molecule has 0 spiro atoms. The van der Waals surface area contributed by atoms with Gasteiger partial charge in [-0.25, -0.2) is 0 Å². The van der Waals surface area contributed by atoms with E-state index < -0.39 is 0 Å². The summed E-state index contributed by atoms with van der Waals surface area (Å²) in [4.78, 5) is 29.6. The number of nitrogens with zero attached hydrogens (tertiary/aromatic N) is 2. The molecule has 2 aromatic rings. The predicted molar refractivity (Wildman–Crippen MR) is 120 cm³/mol. The van der Waals surface area contributed by atoms with Crippen molar-refractivity contribution in [3.8, 4) is 0 Å². The molecule has 2 aliphatic rings. The Bertz CT molecular complexity index is 940. The number of anilines is 1. The summed E-state index contributed by atoms with van der Waals surface area (Å²) in [6, 6.07) is 13.7. The largest absolute Gasteiger partial charge is 0.375 e. The summed E-state index contributed by atoms with van der Waals surface area (Å²) in [5.74, 6) is -0.00933. The smallest absolute Gasteiger partial charge is 0.255 e. The lowest BCUT2D eigenvalue weighted by Crippen LogP contribution is -2.37. The lowest BCUT2D eigenvalue weighted by molar-refractivity contribution is -0.130. The second-order valence-corrected chi connectivity index (χ2v) is 8.59. The van der Waals surface area contributed by atoms with Gasteiger partial charge < -0.3 is 15.1 Å². The molecule has 2 aromatic carbocycles. The van der Waals surface area contributed by atoms with Crippen molar-refractivity contribution in [2.75, 3.05) is 32.0 Å². The highest BCUT2D eigenvalue weighted by Gasteiger charge is 2.27. The second-order valence-electron chi connectivity index (χ2n) is 8.15. The van der Waals surface area contributed by atoms with Crippen molar-refractivity contribution >= 4 is 29.1 Å². The van der Waals surface area contributed by atoms with Gasteiger partial charge >= 0.3 is 0 Å². The summed E-state index contributed by atoms with van der Waals surface area (Å²) >= 11 is 6.18. The van der Waals surface area contributed by atoms with Crippen molar-refractivity contribution in [2.24, 2.45) is 0 Å². The van der Waals surface area contributed by atoms with Gasteiger partial charge in [0.25, 0.3) is 5.91 Å². The van der Waals surface area contributed by atoms with E-state index in [1.807, 2.05) is 22.9 Å². The van der Waals surface area contributed by atoms with Gasteiger partial charge in [0.1, 0.15) is 0 Å². The molecule has 0 saturated carbocycles. The van der Waals surface area contributed by atoms with Crippen molar-refractivity contribution in [2.45, 2.75) is 38.1 Å².